The van der Waals surface area contributed by atoms with E-state index in [1.807, 2.05) is 25.1 Å². The van der Waals surface area contributed by atoms with Crippen LogP contribution in [-0.2, 0) is 19.6 Å². The van der Waals surface area contributed by atoms with Gasteiger partial charge in [0.15, 0.2) is 12.6 Å². The Labute approximate surface area is 184 Å². The highest BCUT2D eigenvalue weighted by molar-refractivity contribution is 5.79. The summed E-state index contributed by atoms with van der Waals surface area (Å²) in [5.74, 6) is 0.823. The standard InChI is InChI=1S/C22H25F3N6O/c1-2-27-21(28-11-17-6-8-20(9-7-17)32-14-22(23,24)25)29-12-18-4-3-5-19(10-18)13-31-16-26-15-30-31/h3-10,15-16H,2,11-14H2,1H3,(H2,27,28,29). The molecule has 0 spiro atoms. The summed E-state index contributed by atoms with van der Waals surface area (Å²) in [5.41, 5.74) is 3.06. The number of nitrogens with one attached hydrogen (secondary N) is 2. The largest absolute Gasteiger partial charge is 0.484 e. The normalized spacial score (nSPS) is 11.9. The van der Waals surface area contributed by atoms with Gasteiger partial charge in [-0.05, 0) is 35.7 Å². The number of benzene rings is 2. The highest BCUT2D eigenvalue weighted by atomic mass is 19.4. The van der Waals surface area contributed by atoms with Crippen molar-refractivity contribution in [2.75, 3.05) is 13.2 Å². The maximum Gasteiger partial charge on any atom is 0.422 e. The van der Waals surface area contributed by atoms with Crippen LogP contribution in [0.2, 0.25) is 0 Å². The van der Waals surface area contributed by atoms with E-state index in [-0.39, 0.29) is 5.75 Å². The lowest BCUT2D eigenvalue weighted by Crippen LogP contribution is -2.36. The van der Waals surface area contributed by atoms with Crippen molar-refractivity contribution in [3.05, 3.63) is 77.9 Å². The fourth-order valence-corrected chi connectivity index (χ4v) is 2.89. The van der Waals surface area contributed by atoms with E-state index in [1.54, 1.807) is 23.1 Å². The maximum absolute atomic E-state index is 12.2. The van der Waals surface area contributed by atoms with Gasteiger partial charge in [0.1, 0.15) is 18.4 Å². The average Bonchev–Trinajstić information content (AvgIpc) is 3.28. The maximum atomic E-state index is 12.2. The van der Waals surface area contributed by atoms with E-state index in [0.717, 1.165) is 16.7 Å². The molecule has 1 heterocycles. The monoisotopic (exact) mass is 446 g/mol. The highest BCUT2D eigenvalue weighted by Gasteiger charge is 2.28. The summed E-state index contributed by atoms with van der Waals surface area (Å²) in [7, 11) is 0. The number of nitrogens with zero attached hydrogens (tertiary/aromatic N) is 4. The minimum absolute atomic E-state index is 0.178. The van der Waals surface area contributed by atoms with Crippen LogP contribution in [-0.4, -0.2) is 40.1 Å². The summed E-state index contributed by atoms with van der Waals surface area (Å²) in [6, 6.07) is 14.6. The van der Waals surface area contributed by atoms with Crippen LogP contribution >= 0.6 is 0 Å². The molecule has 0 saturated carbocycles. The molecule has 0 bridgehead atoms. The molecule has 0 aliphatic carbocycles. The number of rotatable bonds is 9. The lowest BCUT2D eigenvalue weighted by atomic mass is 10.1. The lowest BCUT2D eigenvalue weighted by Gasteiger charge is -2.13. The topological polar surface area (TPSA) is 76.4 Å². The first-order valence-corrected chi connectivity index (χ1v) is 10.1. The summed E-state index contributed by atoms with van der Waals surface area (Å²) in [6.07, 6.45) is -1.17. The molecule has 0 atom stereocenters. The molecule has 0 aliphatic heterocycles. The molecule has 2 N–H and O–H groups in total. The minimum Gasteiger partial charge on any atom is -0.484 e. The van der Waals surface area contributed by atoms with Gasteiger partial charge in [0, 0.05) is 13.1 Å². The zero-order valence-electron chi connectivity index (χ0n) is 17.6. The van der Waals surface area contributed by atoms with Gasteiger partial charge in [0.05, 0.1) is 13.1 Å². The Bertz CT molecular complexity index is 988. The number of ether oxygens (including phenoxy) is 1. The van der Waals surface area contributed by atoms with E-state index in [9.17, 15) is 13.2 Å². The Morgan fingerprint density at radius 2 is 1.84 bits per heavy atom. The molecule has 7 nitrogen and oxygen atoms in total. The van der Waals surface area contributed by atoms with Crippen LogP contribution in [0.25, 0.3) is 0 Å². The fraction of sp³-hybridized carbons (Fsp3) is 0.318. The SMILES string of the molecule is CCNC(=NCc1cccc(Cn2cncn2)c1)NCc1ccc(OCC(F)(F)F)cc1. The van der Waals surface area contributed by atoms with Crippen LogP contribution in [0.5, 0.6) is 5.75 Å². The molecule has 0 fully saturated rings. The van der Waals surface area contributed by atoms with Crippen molar-refractivity contribution >= 4 is 5.96 Å². The van der Waals surface area contributed by atoms with Gasteiger partial charge in [0.25, 0.3) is 0 Å². The third kappa shape index (κ3) is 7.93. The van der Waals surface area contributed by atoms with Crippen molar-refractivity contribution in [2.24, 2.45) is 4.99 Å². The molecule has 1 aromatic heterocycles. The van der Waals surface area contributed by atoms with Crippen molar-refractivity contribution in [1.29, 1.82) is 0 Å². The van der Waals surface area contributed by atoms with Crippen LogP contribution in [0.4, 0.5) is 13.2 Å². The predicted molar refractivity (Wildman–Crippen MR) is 115 cm³/mol. The molecule has 170 valence electrons. The Morgan fingerprint density at radius 3 is 2.53 bits per heavy atom. The van der Waals surface area contributed by atoms with Gasteiger partial charge >= 0.3 is 6.18 Å². The van der Waals surface area contributed by atoms with Crippen molar-refractivity contribution in [2.45, 2.75) is 32.7 Å². The number of halogens is 3. The van der Waals surface area contributed by atoms with Crippen molar-refractivity contribution in [1.82, 2.24) is 25.4 Å². The molecule has 10 heteroatoms. The van der Waals surface area contributed by atoms with E-state index in [2.05, 4.69) is 31.8 Å². The van der Waals surface area contributed by atoms with Gasteiger partial charge in [0.2, 0.25) is 0 Å². The first kappa shape index (κ1) is 23.1. The first-order chi connectivity index (χ1) is 15.4. The molecule has 0 amide bonds. The summed E-state index contributed by atoms with van der Waals surface area (Å²) in [6.45, 7) is 2.97. The average molecular weight is 446 g/mol. The molecule has 3 aromatic rings. The minimum atomic E-state index is -4.35. The number of guanidine groups is 1. The fourth-order valence-electron chi connectivity index (χ4n) is 2.89. The Kier molecular flexibility index (Phi) is 8.07. The number of alkyl halides is 3. The number of hydrogen-bond acceptors (Lipinski definition) is 4. The second-order valence-electron chi connectivity index (χ2n) is 7.01. The molecule has 0 saturated heterocycles. The first-order valence-electron chi connectivity index (χ1n) is 10.1. The van der Waals surface area contributed by atoms with E-state index >= 15 is 0 Å². The zero-order chi connectivity index (χ0) is 22.8. The van der Waals surface area contributed by atoms with E-state index in [1.165, 1.54) is 18.5 Å². The van der Waals surface area contributed by atoms with E-state index in [0.29, 0.717) is 32.1 Å². The quantitative estimate of drug-likeness (QED) is 0.389. The van der Waals surface area contributed by atoms with Gasteiger partial charge < -0.3 is 15.4 Å². The Hall–Kier alpha value is -3.56. The third-order valence-electron chi connectivity index (χ3n) is 4.35. The molecule has 0 radical (unpaired) electrons. The van der Waals surface area contributed by atoms with E-state index in [4.69, 9.17) is 4.74 Å². The molecular weight excluding hydrogens is 421 g/mol. The molecule has 0 aliphatic rings. The molecule has 3 rings (SSSR count). The van der Waals surface area contributed by atoms with Gasteiger partial charge in [-0.15, -0.1) is 0 Å². The van der Waals surface area contributed by atoms with Crippen molar-refractivity contribution in [3.8, 4) is 5.75 Å². The van der Waals surface area contributed by atoms with Crippen LogP contribution in [0.1, 0.15) is 23.6 Å². The second-order valence-corrected chi connectivity index (χ2v) is 7.01. The Balaban J connectivity index is 1.55. The third-order valence-corrected chi connectivity index (χ3v) is 4.35. The lowest BCUT2D eigenvalue weighted by molar-refractivity contribution is -0.153. The van der Waals surface area contributed by atoms with E-state index < -0.39 is 12.8 Å². The van der Waals surface area contributed by atoms with Gasteiger partial charge in [-0.2, -0.15) is 18.3 Å². The van der Waals surface area contributed by atoms with Crippen LogP contribution in [0.3, 0.4) is 0 Å². The number of aromatic nitrogens is 3. The smallest absolute Gasteiger partial charge is 0.422 e. The van der Waals surface area contributed by atoms with Gasteiger partial charge in [-0.3, -0.25) is 0 Å². The van der Waals surface area contributed by atoms with Gasteiger partial charge in [-0.1, -0.05) is 36.4 Å². The zero-order valence-corrected chi connectivity index (χ0v) is 17.6. The summed E-state index contributed by atoms with van der Waals surface area (Å²) < 4.78 is 43.2. The van der Waals surface area contributed by atoms with Crippen LogP contribution < -0.4 is 15.4 Å². The Morgan fingerprint density at radius 1 is 1.06 bits per heavy atom. The number of hydrogen-bond donors (Lipinski definition) is 2. The molecule has 2 aromatic carbocycles. The summed E-state index contributed by atoms with van der Waals surface area (Å²) >= 11 is 0. The molecular formula is C22H25F3N6O. The van der Waals surface area contributed by atoms with Crippen molar-refractivity contribution in [3.63, 3.8) is 0 Å². The molecule has 0 unspecified atom stereocenters. The van der Waals surface area contributed by atoms with Crippen LogP contribution in [0, 0.1) is 0 Å². The summed E-state index contributed by atoms with van der Waals surface area (Å²) in [5, 5.41) is 10.5. The molecule has 32 heavy (non-hydrogen) atoms. The predicted octanol–water partition coefficient (Wildman–Crippen LogP) is 3.52. The number of aliphatic imine (C=N–C) groups is 1. The highest BCUT2D eigenvalue weighted by Crippen LogP contribution is 2.18. The second kappa shape index (κ2) is 11.2. The van der Waals surface area contributed by atoms with Crippen molar-refractivity contribution < 1.29 is 17.9 Å². The summed E-state index contributed by atoms with van der Waals surface area (Å²) in [4.78, 5) is 8.57. The van der Waals surface area contributed by atoms with Gasteiger partial charge in [-0.25, -0.2) is 14.7 Å². The van der Waals surface area contributed by atoms with Crippen LogP contribution in [0.15, 0.2) is 66.2 Å².